The first-order chi connectivity index (χ1) is 22.0. The van der Waals surface area contributed by atoms with Crippen molar-refractivity contribution in [3.63, 3.8) is 0 Å². The summed E-state index contributed by atoms with van der Waals surface area (Å²) in [6, 6.07) is 0. The van der Waals surface area contributed by atoms with E-state index in [0.717, 1.165) is 5.32 Å². The van der Waals surface area contributed by atoms with Crippen LogP contribution in [0.4, 0.5) is 11.6 Å². The fraction of sp³-hybridized carbons (Fsp3) is 0.571. The van der Waals surface area contributed by atoms with Crippen LogP contribution in [0.5, 0.6) is 0 Å². The molecule has 6 heterocycles. The Morgan fingerprint density at radius 3 is 1.71 bits per heavy atom. The van der Waals surface area contributed by atoms with Crippen LogP contribution in [-0.2, 0) is 28.5 Å². The Balaban J connectivity index is 0.000000257. The van der Waals surface area contributed by atoms with Gasteiger partial charge in [-0.15, -0.1) is 0 Å². The van der Waals surface area contributed by atoms with Crippen molar-refractivity contribution in [1.82, 2.24) is 39.0 Å². The number of aliphatic hydroxyl groups excluding tert-OH is 2. The van der Waals surface area contributed by atoms with Crippen LogP contribution in [0.3, 0.4) is 0 Å². The van der Waals surface area contributed by atoms with Crippen molar-refractivity contribution in [2.45, 2.75) is 100 Å². The molecule has 0 radical (unpaired) electrons. The number of imidazole rings is 2. The summed E-state index contributed by atoms with van der Waals surface area (Å²) in [5.41, 5.74) is 13.4. The van der Waals surface area contributed by atoms with Gasteiger partial charge in [-0.3, -0.25) is 0 Å². The summed E-state index contributed by atoms with van der Waals surface area (Å²) in [5, 5.41) is 21.6. The number of rotatable bonds is 8. The van der Waals surface area contributed by atoms with Gasteiger partial charge < -0.3 is 0 Å². The van der Waals surface area contributed by atoms with Crippen molar-refractivity contribution in [1.29, 1.82) is 0 Å². The van der Waals surface area contributed by atoms with Crippen LogP contribution in [0.1, 0.15) is 41.2 Å². The Labute approximate surface area is 289 Å². The van der Waals surface area contributed by atoms with Gasteiger partial charge in [0.1, 0.15) is 0 Å². The quantitative estimate of drug-likeness (QED) is 0.142. The van der Waals surface area contributed by atoms with Crippen molar-refractivity contribution in [2.75, 3.05) is 11.5 Å². The van der Waals surface area contributed by atoms with E-state index in [1.165, 1.54) is 39.2 Å². The number of esters is 2. The number of nitrogens with zero attached hydrogens (tertiary/aromatic N) is 8. The third-order valence-corrected chi connectivity index (χ3v) is 9.99. The van der Waals surface area contributed by atoms with Crippen LogP contribution in [0.2, 0.25) is 22.3 Å². The van der Waals surface area contributed by atoms with Crippen molar-refractivity contribution in [2.24, 2.45) is 0 Å². The van der Waals surface area contributed by atoms with E-state index in [1.807, 2.05) is 0 Å². The average Bonchev–Trinajstić information content (AvgIpc) is 3.77. The second-order valence-electron chi connectivity index (χ2n) is 10.3. The first-order valence-corrected chi connectivity index (χ1v) is 19.8. The van der Waals surface area contributed by atoms with Crippen molar-refractivity contribution >= 4 is 75.8 Å². The molecule has 0 aromatic carbocycles. The van der Waals surface area contributed by atoms with E-state index in [4.69, 9.17) is 30.4 Å². The molecule has 6 N–H and O–H groups in total. The number of carbonyl (C=O) groups is 2. The van der Waals surface area contributed by atoms with Crippen LogP contribution in [-0.4, -0.2) is 128 Å². The van der Waals surface area contributed by atoms with Gasteiger partial charge in [0.25, 0.3) is 0 Å². The van der Waals surface area contributed by atoms with Crippen molar-refractivity contribution in [3.8, 4) is 0 Å². The Bertz CT molecular complexity index is 1690. The van der Waals surface area contributed by atoms with E-state index in [0.29, 0.717) is 42.6 Å². The topological polar surface area (TPSA) is 251 Å². The molecule has 2 aliphatic heterocycles. The van der Waals surface area contributed by atoms with Crippen LogP contribution in [0.25, 0.3) is 22.3 Å². The zero-order chi connectivity index (χ0) is 33.1. The minimum atomic E-state index is -1.02. The molecule has 2 saturated heterocycles. The number of nitrogen functional groups attached to an aromatic ring is 2. The number of aliphatic hydroxyl groups is 2. The number of anilines is 2. The van der Waals surface area contributed by atoms with Crippen LogP contribution in [0.15, 0.2) is 25.3 Å². The standard InChI is InChI=1S/C15H19N5O5Se.C11H15N5O3Se.2CH4/c1-7(21)23-11-9(4-26-3)25-15(12(11)24-8(2)22)20-6-19-10-13(16)17-5-18-14(10)20;1-20-2-5-7(17)8(18)11(19-5)16-4-15-6-9(12)13-3-14-10(6)16;;/h5-6,9,11-12,15H,4H2,1-3H3,(H2,16,17,18);3-5,7-8,11,17-18H,2H2,1H3,(H2,12,13,14);2*1H4/t9-,11?,12+,15-;5-,7?,8+,11-;;/m11../s1. The van der Waals surface area contributed by atoms with Gasteiger partial charge in [-0.05, 0) is 0 Å². The van der Waals surface area contributed by atoms with Crippen LogP contribution in [0, 0.1) is 0 Å². The number of ether oxygens (including phenoxy) is 4. The molecule has 48 heavy (non-hydrogen) atoms. The first-order valence-electron chi connectivity index (χ1n) is 13.9. The van der Waals surface area contributed by atoms with Gasteiger partial charge in [-0.25, -0.2) is 0 Å². The summed E-state index contributed by atoms with van der Waals surface area (Å²) < 4.78 is 26.0. The Hall–Kier alpha value is -3.48. The van der Waals surface area contributed by atoms with Gasteiger partial charge in [0.2, 0.25) is 0 Å². The fourth-order valence-electron chi connectivity index (χ4n) is 5.25. The monoisotopic (exact) mass is 806 g/mol. The number of aromatic nitrogens is 8. The first kappa shape index (κ1) is 39.0. The zero-order valence-electron chi connectivity index (χ0n) is 25.2. The Morgan fingerprint density at radius 1 is 0.750 bits per heavy atom. The van der Waals surface area contributed by atoms with Gasteiger partial charge in [-0.1, -0.05) is 14.9 Å². The molecule has 0 spiro atoms. The number of fused-ring (bicyclic) bond motifs is 2. The zero-order valence-corrected chi connectivity index (χ0v) is 28.7. The summed E-state index contributed by atoms with van der Waals surface area (Å²) in [4.78, 5) is 47.7. The van der Waals surface area contributed by atoms with E-state index in [2.05, 4.69) is 41.5 Å². The summed E-state index contributed by atoms with van der Waals surface area (Å²) in [5.74, 6) is 3.66. The summed E-state index contributed by atoms with van der Waals surface area (Å²) in [6.45, 7) is 2.61. The predicted octanol–water partition coefficient (Wildman–Crippen LogP) is 0.810. The van der Waals surface area contributed by atoms with E-state index >= 15 is 0 Å². The molecular formula is C28H42N10O8Se2. The molecule has 6 rings (SSSR count). The van der Waals surface area contributed by atoms with E-state index in [1.54, 1.807) is 9.13 Å². The molecule has 0 amide bonds. The van der Waals surface area contributed by atoms with E-state index in [-0.39, 0.29) is 47.5 Å². The summed E-state index contributed by atoms with van der Waals surface area (Å²) in [6.07, 6.45) is -0.0105. The van der Waals surface area contributed by atoms with Gasteiger partial charge >= 0.3 is 276 Å². The molecule has 18 nitrogen and oxygen atoms in total. The Morgan fingerprint density at radius 2 is 1.21 bits per heavy atom. The molecule has 20 heteroatoms. The van der Waals surface area contributed by atoms with Gasteiger partial charge in [0, 0.05) is 0 Å². The second kappa shape index (κ2) is 16.8. The molecule has 4 aromatic heterocycles. The van der Waals surface area contributed by atoms with E-state index < -0.39 is 54.9 Å². The third-order valence-electron chi connectivity index (χ3n) is 7.21. The molecule has 264 valence electrons. The number of carbonyl (C=O) groups excluding carboxylic acids is 2. The molecule has 2 aliphatic rings. The molecule has 0 saturated carbocycles. The average molecular weight is 805 g/mol. The van der Waals surface area contributed by atoms with Crippen LogP contribution >= 0.6 is 0 Å². The van der Waals surface area contributed by atoms with E-state index in [9.17, 15) is 19.8 Å². The summed E-state index contributed by atoms with van der Waals surface area (Å²) >= 11 is 0.617. The fourth-order valence-corrected chi connectivity index (χ4v) is 7.77. The molecule has 8 atom stereocenters. The molecule has 2 fully saturated rings. The third kappa shape index (κ3) is 7.87. The molecule has 4 aromatic rings. The maximum absolute atomic E-state index is 11.6. The second-order valence-corrected chi connectivity index (χ2v) is 14.2. The van der Waals surface area contributed by atoms with Crippen molar-refractivity contribution in [3.05, 3.63) is 25.3 Å². The Kier molecular flexibility index (Phi) is 13.6. The number of hydrogen-bond donors (Lipinski definition) is 4. The predicted molar refractivity (Wildman–Crippen MR) is 177 cm³/mol. The summed E-state index contributed by atoms with van der Waals surface area (Å²) in [7, 11) is 0. The van der Waals surface area contributed by atoms with Crippen LogP contribution < -0.4 is 11.5 Å². The maximum atomic E-state index is 11.6. The molecular weight excluding hydrogens is 762 g/mol. The molecule has 2 unspecified atom stereocenters. The van der Waals surface area contributed by atoms with Crippen molar-refractivity contribution < 1.29 is 38.7 Å². The van der Waals surface area contributed by atoms with Gasteiger partial charge in [0.15, 0.2) is 0 Å². The van der Waals surface area contributed by atoms with Gasteiger partial charge in [0.05, 0.1) is 0 Å². The molecule has 0 aliphatic carbocycles. The normalized spacial score (nSPS) is 26.3. The SMILES string of the molecule is C.C.C[Se]C[C@H]1O[C@@H](n2cnc3c(N)ncnc32)[C@@H](O)C1O.C[Se]C[C@H]1O[C@@H](n2cnc3c(N)ncnc32)[C@@H](OC(C)=O)C1OC(C)=O. The molecule has 0 bridgehead atoms. The van der Waals surface area contributed by atoms with Gasteiger partial charge in [-0.2, -0.15) is 0 Å². The number of hydrogen-bond acceptors (Lipinski definition) is 16. The number of nitrogens with two attached hydrogens (primary N) is 2. The minimum absolute atomic E-state index is 0.